The number of alkyl halides is 9. The number of allylic oxidation sites excluding steroid dienone is 3. The molecule has 0 amide bonds. The molecule has 0 saturated carbocycles. The molecular weight excluding hydrogens is 828 g/mol. The van der Waals surface area contributed by atoms with Crippen molar-refractivity contribution in [3.8, 4) is 51.6 Å². The van der Waals surface area contributed by atoms with Crippen LogP contribution in [0.25, 0.3) is 43.1 Å². The molecule has 0 bridgehead atoms. The topological polar surface area (TPSA) is 84.0 Å². The number of fused-ring (bicyclic) bond motifs is 2. The van der Waals surface area contributed by atoms with Crippen molar-refractivity contribution in [3.63, 3.8) is 0 Å². The predicted octanol–water partition coefficient (Wildman–Crippen LogP) is 10.9. The lowest BCUT2D eigenvalue weighted by atomic mass is 9.86. The molecule has 16 heteroatoms. The van der Waals surface area contributed by atoms with Gasteiger partial charge in [0.05, 0.1) is 5.57 Å². The molecule has 0 fully saturated rings. The first-order valence-electron chi connectivity index (χ1n) is 18.0. The first kappa shape index (κ1) is 42.2. The number of rotatable bonds is 7. The summed E-state index contributed by atoms with van der Waals surface area (Å²) in [4.78, 5) is 7.05. The van der Waals surface area contributed by atoms with Crippen LogP contribution in [0.2, 0.25) is 0 Å². The molecule has 0 atom stereocenters. The molecular formula is C46H23F9N4O3. The van der Waals surface area contributed by atoms with E-state index in [2.05, 4.69) is 23.9 Å². The predicted molar refractivity (Wildman–Crippen MR) is 205 cm³/mol. The molecule has 0 aliphatic heterocycles. The van der Waals surface area contributed by atoms with Crippen LogP contribution in [0.3, 0.4) is 0 Å². The largest absolute Gasteiger partial charge is 0.573 e. The molecule has 5 aromatic rings. The number of nitriles is 2. The summed E-state index contributed by atoms with van der Waals surface area (Å²) in [5.74, 6) is -2.06. The molecule has 2 aliphatic rings. The molecule has 7 nitrogen and oxygen atoms in total. The SMILES string of the molecule is [C-]#[N+]C([N+]#[C-])=C1Cc2c(-c3ccc(OC(F)(F)F)cc3)c3c(c(-c4ccc(OC(F)(F)F)cc4)c2=C1c1ccc(C)cc1)CC(=C(C#N)C#N)C=3c1ccc(OC(F)(F)F)cc1. The van der Waals surface area contributed by atoms with Crippen LogP contribution in [0.15, 0.2) is 120 Å². The van der Waals surface area contributed by atoms with Gasteiger partial charge in [0, 0.05) is 6.42 Å². The second-order valence-corrected chi connectivity index (χ2v) is 13.7. The average Bonchev–Trinajstić information content (AvgIpc) is 3.77. The van der Waals surface area contributed by atoms with Crippen LogP contribution < -0.4 is 24.6 Å². The van der Waals surface area contributed by atoms with E-state index in [4.69, 9.17) is 13.1 Å². The van der Waals surface area contributed by atoms with E-state index in [0.717, 1.165) is 42.0 Å². The maximum Gasteiger partial charge on any atom is 0.573 e. The highest BCUT2D eigenvalue weighted by Crippen LogP contribution is 2.43. The molecule has 5 aromatic carbocycles. The standard InChI is InChI=1S/C46H23F9N4O3/c1-24-4-6-25(7-5-24)40-36(43(58-2)59-3)21-35-39(28-12-18-32(19-13-28)62-46(53,54)55)41-34(38(42(35)40)27-10-16-31(17-11-27)61-45(50,51)52)20-33(29(22-56)23-57)37(41)26-8-14-30(15-9-26)60-44(47,48)49/h4-19H,20-21H2,1H3. The quantitative estimate of drug-likeness (QED) is 0.0925. The van der Waals surface area contributed by atoms with Crippen molar-refractivity contribution >= 4 is 11.1 Å². The first-order chi connectivity index (χ1) is 29.3. The summed E-state index contributed by atoms with van der Waals surface area (Å²) in [5.41, 5.74) is 4.08. The fourth-order valence-electron chi connectivity index (χ4n) is 7.78. The smallest absolute Gasteiger partial charge is 0.406 e. The maximum atomic E-state index is 13.3. The number of hydrogen-bond donors (Lipinski definition) is 0. The summed E-state index contributed by atoms with van der Waals surface area (Å²) < 4.78 is 132. The molecule has 0 N–H and O–H groups in total. The second kappa shape index (κ2) is 15.9. The zero-order chi connectivity index (χ0) is 44.7. The zero-order valence-electron chi connectivity index (χ0n) is 31.6. The summed E-state index contributed by atoms with van der Waals surface area (Å²) in [6.07, 6.45) is -15.5. The monoisotopic (exact) mass is 850 g/mol. The first-order valence-corrected chi connectivity index (χ1v) is 18.0. The Balaban J connectivity index is 1.74. The Hall–Kier alpha value is -7.95. The van der Waals surface area contributed by atoms with Crippen LogP contribution in [0.4, 0.5) is 39.5 Å². The van der Waals surface area contributed by atoms with E-state index < -0.39 is 41.9 Å². The summed E-state index contributed by atoms with van der Waals surface area (Å²) in [5, 5.41) is 21.2. The second-order valence-electron chi connectivity index (χ2n) is 13.7. The van der Waals surface area contributed by atoms with Gasteiger partial charge in [0.1, 0.15) is 48.1 Å². The lowest BCUT2D eigenvalue weighted by molar-refractivity contribution is -0.275. The van der Waals surface area contributed by atoms with Crippen LogP contribution in [-0.2, 0) is 12.8 Å². The normalized spacial score (nSPS) is 13.3. The minimum Gasteiger partial charge on any atom is -0.406 e. The van der Waals surface area contributed by atoms with E-state index in [1.807, 2.05) is 19.1 Å². The minimum absolute atomic E-state index is 0.116. The number of halogens is 9. The fourth-order valence-corrected chi connectivity index (χ4v) is 7.78. The summed E-state index contributed by atoms with van der Waals surface area (Å²) in [6.45, 7) is 17.8. The number of nitrogens with zero attached hydrogens (tertiary/aromatic N) is 4. The number of benzene rings is 5. The van der Waals surface area contributed by atoms with Crippen molar-refractivity contribution in [2.45, 2.75) is 38.9 Å². The third-order valence-electron chi connectivity index (χ3n) is 9.99. The van der Waals surface area contributed by atoms with E-state index in [0.29, 0.717) is 38.6 Å². The van der Waals surface area contributed by atoms with Crippen LogP contribution >= 0.6 is 0 Å². The van der Waals surface area contributed by atoms with Gasteiger partial charge >= 0.3 is 24.9 Å². The van der Waals surface area contributed by atoms with Crippen molar-refractivity contribution < 1.29 is 53.7 Å². The third kappa shape index (κ3) is 8.40. The molecule has 0 saturated heterocycles. The van der Waals surface area contributed by atoms with Gasteiger partial charge in [-0.1, -0.05) is 66.2 Å². The Labute approximate surface area is 346 Å². The van der Waals surface area contributed by atoms with Gasteiger partial charge in [0.25, 0.3) is 0 Å². The molecule has 0 spiro atoms. The molecule has 0 unspecified atom stereocenters. The van der Waals surface area contributed by atoms with Gasteiger partial charge in [0.2, 0.25) is 0 Å². The van der Waals surface area contributed by atoms with Crippen LogP contribution in [-0.4, -0.2) is 19.1 Å². The van der Waals surface area contributed by atoms with Crippen molar-refractivity contribution in [2.24, 2.45) is 0 Å². The van der Waals surface area contributed by atoms with Gasteiger partial charge in [-0.3, -0.25) is 0 Å². The van der Waals surface area contributed by atoms with Crippen molar-refractivity contribution in [3.05, 3.63) is 181 Å². The van der Waals surface area contributed by atoms with E-state index in [-0.39, 0.29) is 57.3 Å². The number of hydrogen-bond acceptors (Lipinski definition) is 5. The van der Waals surface area contributed by atoms with E-state index >= 15 is 0 Å². The zero-order valence-corrected chi connectivity index (χ0v) is 31.6. The highest BCUT2D eigenvalue weighted by Gasteiger charge is 2.38. The highest BCUT2D eigenvalue weighted by atomic mass is 19.4. The Bertz CT molecular complexity index is 2980. The molecule has 0 radical (unpaired) electrons. The minimum atomic E-state index is -5.05. The third-order valence-corrected chi connectivity index (χ3v) is 9.99. The molecule has 0 aromatic heterocycles. The van der Waals surface area contributed by atoms with Crippen LogP contribution in [0.1, 0.15) is 27.8 Å². The van der Waals surface area contributed by atoms with Gasteiger partial charge in [-0.05, 0) is 121 Å². The maximum absolute atomic E-state index is 13.3. The fraction of sp³-hybridized carbons (Fsp3) is 0.130. The Morgan fingerprint density at radius 1 is 0.516 bits per heavy atom. The van der Waals surface area contributed by atoms with Gasteiger partial charge in [-0.25, -0.2) is 0 Å². The lowest BCUT2D eigenvalue weighted by Gasteiger charge is -2.18. The molecule has 0 heterocycles. The highest BCUT2D eigenvalue weighted by molar-refractivity contribution is 5.98. The van der Waals surface area contributed by atoms with Gasteiger partial charge in [-0.15, -0.1) is 39.5 Å². The lowest BCUT2D eigenvalue weighted by Crippen LogP contribution is -2.25. The van der Waals surface area contributed by atoms with Crippen LogP contribution in [0.5, 0.6) is 17.2 Å². The Morgan fingerprint density at radius 2 is 0.839 bits per heavy atom. The van der Waals surface area contributed by atoms with Crippen molar-refractivity contribution in [1.82, 2.24) is 0 Å². The van der Waals surface area contributed by atoms with Crippen molar-refractivity contribution in [2.75, 3.05) is 0 Å². The molecule has 308 valence electrons. The van der Waals surface area contributed by atoms with Gasteiger partial charge in [-0.2, -0.15) is 20.2 Å². The van der Waals surface area contributed by atoms with E-state index in [1.165, 1.54) is 36.4 Å². The summed E-state index contributed by atoms with van der Waals surface area (Å²) in [7, 11) is 0. The van der Waals surface area contributed by atoms with Gasteiger partial charge < -0.3 is 14.2 Å². The Morgan fingerprint density at radius 3 is 1.18 bits per heavy atom. The van der Waals surface area contributed by atoms with E-state index in [1.54, 1.807) is 24.3 Å². The summed E-state index contributed by atoms with van der Waals surface area (Å²) >= 11 is 0. The molecule has 62 heavy (non-hydrogen) atoms. The molecule has 7 rings (SSSR count). The number of aryl methyl sites for hydroxylation is 1. The van der Waals surface area contributed by atoms with Gasteiger partial charge in [0.15, 0.2) is 0 Å². The molecule has 2 aliphatic carbocycles. The Kier molecular flexibility index (Phi) is 10.8. The van der Waals surface area contributed by atoms with E-state index in [9.17, 15) is 50.0 Å². The number of ether oxygens (including phenoxy) is 3. The average molecular weight is 851 g/mol. The van der Waals surface area contributed by atoms with Crippen molar-refractivity contribution in [1.29, 1.82) is 10.5 Å². The summed E-state index contributed by atoms with van der Waals surface area (Å²) in [6, 6.07) is 25.0. The van der Waals surface area contributed by atoms with Crippen LogP contribution in [0, 0.1) is 42.7 Å².